The van der Waals surface area contributed by atoms with Crippen LogP contribution >= 0.6 is 6.72 Å². The molecule has 0 unspecified atom stereocenters. The van der Waals surface area contributed by atoms with E-state index in [1.54, 1.807) is 51.5 Å². The molecule has 0 radical (unpaired) electrons. The molecule has 0 aliphatic carbocycles. The maximum Gasteiger partial charge on any atom is 0.381 e. The van der Waals surface area contributed by atoms with Gasteiger partial charge in [0, 0.05) is 60.3 Å². The van der Waals surface area contributed by atoms with E-state index in [2.05, 4.69) is 15.3 Å². The monoisotopic (exact) mass is 1070 g/mol. The summed E-state index contributed by atoms with van der Waals surface area (Å²) in [5, 5.41) is 25.6. The SMILES string of the molecule is COc1ccc(C(OC[C@H]2O[C@@H](n3cc(C)c(=O)[nH]c3=O)C[C@@H]2O[P@](=S)(OC[C@H]2O[C@@H](n3ccc(NC(=O)c4ccccc4)nc3=O)C[C@@H]2O)Oc2ccc([N+](=O)[O-])cc2)(c2ccccc2)c2ccc(OC)cc2)cc1. The zero-order chi connectivity index (χ0) is 53.6. The van der Waals surface area contributed by atoms with Crippen LogP contribution in [0.1, 0.15) is 57.9 Å². The third-order valence-corrected chi connectivity index (χ3v) is 15.0. The van der Waals surface area contributed by atoms with Crippen LogP contribution in [0.25, 0.3) is 0 Å². The van der Waals surface area contributed by atoms with Crippen LogP contribution in [0, 0.1) is 17.0 Å². The number of aliphatic hydroxyl groups is 1. The summed E-state index contributed by atoms with van der Waals surface area (Å²) in [5.41, 5.74) is -0.934. The summed E-state index contributed by atoms with van der Waals surface area (Å²) in [6, 6.07) is 39.2. The molecule has 4 heterocycles. The number of ether oxygens (including phenoxy) is 5. The summed E-state index contributed by atoms with van der Waals surface area (Å²) in [5.74, 6) is 0.783. The highest BCUT2D eigenvalue weighted by molar-refractivity contribution is 8.07. The van der Waals surface area contributed by atoms with E-state index in [1.165, 1.54) is 47.3 Å². The highest BCUT2D eigenvalue weighted by Crippen LogP contribution is 2.54. The fraction of sp³-hybridized carbons (Fsp3) is 0.264. The number of aromatic nitrogens is 4. The van der Waals surface area contributed by atoms with E-state index in [9.17, 15) is 34.4 Å². The van der Waals surface area contributed by atoms with E-state index in [0.29, 0.717) is 28.2 Å². The number of carbonyl (C=O) groups is 1. The lowest BCUT2D eigenvalue weighted by Crippen LogP contribution is -2.38. The molecule has 0 bridgehead atoms. The molecular formula is C53H51N6O15PS. The summed E-state index contributed by atoms with van der Waals surface area (Å²) in [4.78, 5) is 69.4. The largest absolute Gasteiger partial charge is 0.497 e. The number of hydrogen-bond donors (Lipinski definition) is 3. The average molecular weight is 1080 g/mol. The number of non-ortho nitro benzene ring substituents is 1. The number of H-pyrrole nitrogens is 1. The maximum absolute atomic E-state index is 13.5. The summed E-state index contributed by atoms with van der Waals surface area (Å²) < 4.78 is 53.0. The minimum atomic E-state index is -4.15. The Bertz CT molecular complexity index is 3350. The summed E-state index contributed by atoms with van der Waals surface area (Å²) in [6.45, 7) is -3.29. The van der Waals surface area contributed by atoms with E-state index in [1.807, 2.05) is 78.9 Å². The van der Waals surface area contributed by atoms with Gasteiger partial charge in [0.05, 0.1) is 38.5 Å². The molecule has 7 aromatic rings. The second-order valence-corrected chi connectivity index (χ2v) is 20.5. The van der Waals surface area contributed by atoms with E-state index >= 15 is 0 Å². The van der Waals surface area contributed by atoms with Gasteiger partial charge in [0.15, 0.2) is 0 Å². The van der Waals surface area contributed by atoms with Crippen LogP contribution in [-0.2, 0) is 40.7 Å². The fourth-order valence-electron chi connectivity index (χ4n) is 8.90. The number of aliphatic hydroxyl groups excluding tert-OH is 1. The fourth-order valence-corrected chi connectivity index (χ4v) is 11.1. The van der Waals surface area contributed by atoms with Crippen molar-refractivity contribution in [3.63, 3.8) is 0 Å². The summed E-state index contributed by atoms with van der Waals surface area (Å²) in [6.07, 6.45) is -3.97. The smallest absolute Gasteiger partial charge is 0.381 e. The highest BCUT2D eigenvalue weighted by Gasteiger charge is 2.46. The lowest BCUT2D eigenvalue weighted by Gasteiger charge is -2.37. The second-order valence-electron chi connectivity index (χ2n) is 17.6. The number of rotatable bonds is 20. The Morgan fingerprint density at radius 3 is 1.99 bits per heavy atom. The van der Waals surface area contributed by atoms with Crippen molar-refractivity contribution in [3.8, 4) is 17.2 Å². The number of nitro benzene ring substituents is 1. The Hall–Kier alpha value is -7.66. The first-order valence-electron chi connectivity index (χ1n) is 23.8. The molecule has 2 aromatic heterocycles. The first kappa shape index (κ1) is 53.2. The van der Waals surface area contributed by atoms with Gasteiger partial charge in [-0.25, -0.2) is 9.59 Å². The molecule has 0 saturated carbocycles. The number of hydrogen-bond acceptors (Lipinski definition) is 17. The molecule has 0 spiro atoms. The van der Waals surface area contributed by atoms with Gasteiger partial charge in [0.1, 0.15) is 59.4 Å². The topological polar surface area (TPSA) is 256 Å². The number of nitrogens with zero attached hydrogens (tertiary/aromatic N) is 4. The van der Waals surface area contributed by atoms with Crippen molar-refractivity contribution in [1.82, 2.24) is 19.1 Å². The van der Waals surface area contributed by atoms with Crippen molar-refractivity contribution in [2.75, 3.05) is 32.8 Å². The zero-order valence-electron chi connectivity index (χ0n) is 41.0. The van der Waals surface area contributed by atoms with Gasteiger partial charge in [0.2, 0.25) is 0 Å². The average Bonchev–Trinajstić information content (AvgIpc) is 4.02. The molecule has 3 N–H and O–H groups in total. The Kier molecular flexibility index (Phi) is 16.1. The minimum Gasteiger partial charge on any atom is -0.497 e. The lowest BCUT2D eigenvalue weighted by atomic mass is 9.80. The molecular weight excluding hydrogens is 1020 g/mol. The summed E-state index contributed by atoms with van der Waals surface area (Å²) >= 11 is 6.15. The van der Waals surface area contributed by atoms with Crippen LogP contribution in [0.15, 0.2) is 166 Å². The van der Waals surface area contributed by atoms with Crippen LogP contribution in [-0.4, -0.2) is 86.9 Å². The number of amides is 1. The molecule has 76 heavy (non-hydrogen) atoms. The van der Waals surface area contributed by atoms with E-state index < -0.39 is 83.6 Å². The zero-order valence-corrected chi connectivity index (χ0v) is 42.7. The number of nitrogens with one attached hydrogen (secondary N) is 2. The minimum absolute atomic E-state index is 0.00406. The molecule has 2 aliphatic rings. The van der Waals surface area contributed by atoms with Gasteiger partial charge in [0.25, 0.3) is 17.2 Å². The number of carbonyl (C=O) groups excluding carboxylic acids is 1. The number of benzene rings is 5. The number of anilines is 1. The van der Waals surface area contributed by atoms with Crippen molar-refractivity contribution < 1.29 is 52.1 Å². The quantitative estimate of drug-likeness (QED) is 0.0303. The van der Waals surface area contributed by atoms with Gasteiger partial charge in [-0.15, -0.1) is 0 Å². The second kappa shape index (κ2) is 23.1. The van der Waals surface area contributed by atoms with Gasteiger partial charge in [-0.3, -0.25) is 42.9 Å². The van der Waals surface area contributed by atoms with E-state index in [0.717, 1.165) is 10.1 Å². The molecule has 2 saturated heterocycles. The van der Waals surface area contributed by atoms with Crippen molar-refractivity contribution >= 4 is 35.9 Å². The first-order valence-corrected chi connectivity index (χ1v) is 26.3. The van der Waals surface area contributed by atoms with E-state index in [4.69, 9.17) is 49.1 Å². The Balaban J connectivity index is 1.03. The van der Waals surface area contributed by atoms with Crippen molar-refractivity contribution in [3.05, 3.63) is 221 Å². The van der Waals surface area contributed by atoms with Gasteiger partial charge < -0.3 is 38.6 Å². The third-order valence-electron chi connectivity index (χ3n) is 12.8. The third kappa shape index (κ3) is 11.7. The molecule has 1 amide bonds. The standard InChI is InChI=1S/C53H51N6O15PS/c1-33-30-58(52(64)56-49(33)61)48-29-43(45(72-48)31-69-53(35-12-8-5-9-13-35,36-14-20-39(67-2)21-15-36)37-16-22-40(68-3)23-17-37)74-75(76,73-41-24-18-38(19-25-41)59(65)66)70-32-44-42(60)28-47(71-44)57-27-26-46(55-51(57)63)54-50(62)34-10-6-4-7-11-34/h4-27,30,42-45,47-48,60H,28-29,31-32H2,1-3H3,(H,56,61,64)(H,54,55,62,63)/t42-,43-,44+,45+,47+,48+,75-/m0/s1. The number of nitro groups is 1. The molecule has 2 fully saturated rings. The maximum atomic E-state index is 13.5. The predicted octanol–water partition coefficient (Wildman–Crippen LogP) is 6.93. The molecule has 2 aliphatic heterocycles. The molecule has 9 rings (SSSR count). The van der Waals surface area contributed by atoms with Crippen molar-refractivity contribution in [2.24, 2.45) is 0 Å². The highest BCUT2D eigenvalue weighted by atomic mass is 32.5. The molecule has 394 valence electrons. The van der Waals surface area contributed by atoms with Gasteiger partial charge in [-0.2, -0.15) is 4.98 Å². The predicted molar refractivity (Wildman–Crippen MR) is 279 cm³/mol. The Morgan fingerprint density at radius 2 is 1.38 bits per heavy atom. The van der Waals surface area contributed by atoms with Gasteiger partial charge in [-0.05, 0) is 78.2 Å². The van der Waals surface area contributed by atoms with Crippen LogP contribution in [0.2, 0.25) is 0 Å². The van der Waals surface area contributed by atoms with Gasteiger partial charge >= 0.3 is 18.1 Å². The molecule has 21 nitrogen and oxygen atoms in total. The Morgan fingerprint density at radius 1 is 0.803 bits per heavy atom. The number of aryl methyl sites for hydroxylation is 1. The van der Waals surface area contributed by atoms with Crippen LogP contribution in [0.4, 0.5) is 11.5 Å². The lowest BCUT2D eigenvalue weighted by molar-refractivity contribution is -0.384. The van der Waals surface area contributed by atoms with Crippen LogP contribution < -0.4 is 36.3 Å². The molecule has 5 aromatic carbocycles. The summed E-state index contributed by atoms with van der Waals surface area (Å²) in [7, 11) is 3.13. The molecule has 7 atom stereocenters. The number of aromatic amines is 1. The molecule has 23 heteroatoms. The van der Waals surface area contributed by atoms with Gasteiger partial charge in [-0.1, -0.05) is 72.8 Å². The van der Waals surface area contributed by atoms with Crippen LogP contribution in [0.5, 0.6) is 17.2 Å². The first-order chi connectivity index (χ1) is 36.6. The van der Waals surface area contributed by atoms with E-state index in [-0.39, 0.29) is 42.3 Å². The normalized spacial score (nSPS) is 20.1. The van der Waals surface area contributed by atoms with Crippen LogP contribution in [0.3, 0.4) is 0 Å². The number of methoxy groups -OCH3 is 2. The van der Waals surface area contributed by atoms with Crippen molar-refractivity contribution in [1.29, 1.82) is 0 Å². The van der Waals surface area contributed by atoms with Crippen molar-refractivity contribution in [2.45, 2.75) is 62.2 Å². The Labute approximate surface area is 438 Å².